The molecule has 0 fully saturated rings. The van der Waals surface area contributed by atoms with Crippen molar-refractivity contribution in [2.75, 3.05) is 0 Å². The fraction of sp³-hybridized carbons (Fsp3) is 0.200. The van der Waals surface area contributed by atoms with Gasteiger partial charge >= 0.3 is 0 Å². The molecule has 0 N–H and O–H groups in total. The Balaban J connectivity index is 1.36. The van der Waals surface area contributed by atoms with Gasteiger partial charge in [0.25, 0.3) is 0 Å². The maximum absolute atomic E-state index is 2.62. The monoisotopic (exact) mass is 706 g/mol. The normalized spacial score (nSPS) is 16.1. The van der Waals surface area contributed by atoms with Gasteiger partial charge in [0.15, 0.2) is 0 Å². The zero-order valence-electron chi connectivity index (χ0n) is 33.2. The molecule has 8 aromatic rings. The molecular weight excluding hydrogens is 661 g/mol. The van der Waals surface area contributed by atoms with Gasteiger partial charge in [-0.15, -0.1) is 0 Å². The van der Waals surface area contributed by atoms with Crippen molar-refractivity contribution in [3.8, 4) is 55.6 Å². The molecule has 0 aromatic heterocycles. The molecule has 0 heteroatoms. The summed E-state index contributed by atoms with van der Waals surface area (Å²) in [5.74, 6) is 0. The highest BCUT2D eigenvalue weighted by molar-refractivity contribution is 6.23. The average molecular weight is 707 g/mol. The Hall–Kier alpha value is -5.72. The van der Waals surface area contributed by atoms with Crippen molar-refractivity contribution in [1.82, 2.24) is 0 Å². The van der Waals surface area contributed by atoms with Crippen LogP contribution in [0.4, 0.5) is 0 Å². The second kappa shape index (κ2) is 10.7. The van der Waals surface area contributed by atoms with Crippen LogP contribution in [0.15, 0.2) is 133 Å². The third kappa shape index (κ3) is 4.08. The van der Waals surface area contributed by atoms with Crippen LogP contribution in [0.2, 0.25) is 0 Å². The van der Waals surface area contributed by atoms with Crippen molar-refractivity contribution in [2.45, 2.75) is 71.6 Å². The largest absolute Gasteiger partial charge is 0.0619 e. The zero-order valence-corrected chi connectivity index (χ0v) is 33.2. The van der Waals surface area contributed by atoms with Crippen LogP contribution in [0.5, 0.6) is 0 Å². The van der Waals surface area contributed by atoms with Crippen LogP contribution >= 0.6 is 0 Å². The maximum Gasteiger partial charge on any atom is 0.0165 e. The minimum absolute atomic E-state index is 0.136. The van der Waals surface area contributed by atoms with E-state index in [4.69, 9.17) is 0 Å². The second-order valence-electron chi connectivity index (χ2n) is 18.2. The van der Waals surface area contributed by atoms with Gasteiger partial charge in [-0.2, -0.15) is 0 Å². The van der Waals surface area contributed by atoms with E-state index < -0.39 is 0 Å². The van der Waals surface area contributed by atoms with E-state index in [-0.39, 0.29) is 16.2 Å². The Labute approximate surface area is 325 Å². The lowest BCUT2D eigenvalue weighted by Crippen LogP contribution is -2.22. The van der Waals surface area contributed by atoms with Crippen LogP contribution < -0.4 is 0 Å². The Morgan fingerprint density at radius 2 is 0.673 bits per heavy atom. The number of hydrogen-bond donors (Lipinski definition) is 0. The fourth-order valence-electron chi connectivity index (χ4n) is 11.3. The third-order valence-corrected chi connectivity index (χ3v) is 13.9. The zero-order chi connectivity index (χ0) is 37.8. The van der Waals surface area contributed by atoms with Gasteiger partial charge in [0.1, 0.15) is 0 Å². The lowest BCUT2D eigenvalue weighted by molar-refractivity contribution is 0.636. The summed E-state index contributed by atoms with van der Waals surface area (Å²) in [5, 5.41) is 5.25. The first-order chi connectivity index (χ1) is 26.4. The molecule has 266 valence electrons. The molecule has 0 saturated heterocycles. The number of hydrogen-bond acceptors (Lipinski definition) is 0. The summed E-state index contributed by atoms with van der Waals surface area (Å²) in [6.45, 7) is 19.3. The highest BCUT2D eigenvalue weighted by atomic mass is 14.5. The Morgan fingerprint density at radius 1 is 0.309 bits per heavy atom. The quantitative estimate of drug-likeness (QED) is 0.157. The molecule has 0 bridgehead atoms. The van der Waals surface area contributed by atoms with E-state index in [1.165, 1.54) is 122 Å². The van der Waals surface area contributed by atoms with E-state index in [1.54, 1.807) is 0 Å². The molecule has 3 aliphatic carbocycles. The average Bonchev–Trinajstić information content (AvgIpc) is 3.66. The Morgan fingerprint density at radius 3 is 1.13 bits per heavy atom. The summed E-state index contributed by atoms with van der Waals surface area (Å²) in [7, 11) is 0. The van der Waals surface area contributed by atoms with Gasteiger partial charge in [-0.3, -0.25) is 0 Å². The summed E-state index contributed by atoms with van der Waals surface area (Å²) in [4.78, 5) is 0. The number of fused-ring (bicyclic) bond motifs is 14. The van der Waals surface area contributed by atoms with Crippen LogP contribution in [0.1, 0.15) is 86.1 Å². The van der Waals surface area contributed by atoms with Gasteiger partial charge in [-0.1, -0.05) is 174 Å². The maximum atomic E-state index is 2.62. The number of rotatable bonds is 2. The molecule has 0 amide bonds. The van der Waals surface area contributed by atoms with E-state index in [0.29, 0.717) is 0 Å². The van der Waals surface area contributed by atoms with Crippen LogP contribution in [0, 0.1) is 13.8 Å². The molecule has 0 nitrogen and oxygen atoms in total. The van der Waals surface area contributed by atoms with Crippen LogP contribution in [-0.2, 0) is 16.2 Å². The van der Waals surface area contributed by atoms with Gasteiger partial charge in [-0.25, -0.2) is 0 Å². The van der Waals surface area contributed by atoms with Gasteiger partial charge in [0.05, 0.1) is 0 Å². The topological polar surface area (TPSA) is 0 Å². The third-order valence-electron chi connectivity index (χ3n) is 13.9. The first kappa shape index (κ1) is 32.7. The van der Waals surface area contributed by atoms with Gasteiger partial charge < -0.3 is 0 Å². The second-order valence-corrected chi connectivity index (χ2v) is 18.2. The number of aryl methyl sites for hydroxylation is 2. The van der Waals surface area contributed by atoms with E-state index >= 15 is 0 Å². The smallest absolute Gasteiger partial charge is 0.0165 e. The minimum Gasteiger partial charge on any atom is -0.0619 e. The van der Waals surface area contributed by atoms with Crippen molar-refractivity contribution >= 4 is 21.5 Å². The van der Waals surface area contributed by atoms with Gasteiger partial charge in [0, 0.05) is 16.2 Å². The Kier molecular flexibility index (Phi) is 6.38. The predicted molar refractivity (Wildman–Crippen MR) is 234 cm³/mol. The molecule has 55 heavy (non-hydrogen) atoms. The number of benzene rings is 8. The Bertz CT molecular complexity index is 2980. The van der Waals surface area contributed by atoms with Crippen LogP contribution in [-0.4, -0.2) is 0 Å². The van der Waals surface area contributed by atoms with E-state index in [0.717, 1.165) is 0 Å². The molecule has 0 aliphatic heterocycles. The molecule has 0 radical (unpaired) electrons. The van der Waals surface area contributed by atoms with Crippen molar-refractivity contribution < 1.29 is 0 Å². The molecule has 0 unspecified atom stereocenters. The van der Waals surface area contributed by atoms with Crippen LogP contribution in [0.25, 0.3) is 77.2 Å². The first-order valence-electron chi connectivity index (χ1n) is 20.0. The van der Waals surface area contributed by atoms with E-state index in [2.05, 4.69) is 189 Å². The molecule has 0 heterocycles. The molecule has 11 rings (SSSR count). The molecular formula is C55H46. The molecule has 3 aliphatic rings. The fourth-order valence-corrected chi connectivity index (χ4v) is 11.3. The highest BCUT2D eigenvalue weighted by Crippen LogP contribution is 2.68. The minimum atomic E-state index is -0.240. The van der Waals surface area contributed by atoms with Gasteiger partial charge in [0.2, 0.25) is 0 Å². The predicted octanol–water partition coefficient (Wildman–Crippen LogP) is 14.9. The summed E-state index contributed by atoms with van der Waals surface area (Å²) in [5.41, 5.74) is 24.6. The van der Waals surface area contributed by atoms with Crippen molar-refractivity contribution in [2.24, 2.45) is 0 Å². The summed E-state index contributed by atoms with van der Waals surface area (Å²) in [6, 6.07) is 51.3. The molecule has 8 aromatic carbocycles. The molecule has 0 atom stereocenters. The molecule has 0 spiro atoms. The lowest BCUT2D eigenvalue weighted by atomic mass is 9.71. The standard InChI is InChI=1S/C55H46/c1-31-21-25-33(26-22-31)45-35-15-9-10-16-36(35)46(34-27-23-32(2)24-28-34)40-30-44-41(29-39(40)45)49-51-47(37-17-11-14-20-43(37)54(51,5)6)50-48(52(49)55(44,7)8)38-18-12-13-19-42(38)53(50,3)4/h9-30H,1-8H3. The van der Waals surface area contributed by atoms with E-state index in [1.807, 2.05) is 0 Å². The van der Waals surface area contributed by atoms with Crippen molar-refractivity contribution in [1.29, 1.82) is 0 Å². The molecule has 0 saturated carbocycles. The van der Waals surface area contributed by atoms with Gasteiger partial charge in [-0.05, 0) is 137 Å². The SMILES string of the molecule is Cc1ccc(-c2c3ccccc3c(-c3ccc(C)cc3)c3cc4c(cc23)-c2c3c(c5c(c2C4(C)C)-c2ccccc2C5(C)C)-c2ccccc2C3(C)C)cc1. The summed E-state index contributed by atoms with van der Waals surface area (Å²) in [6.07, 6.45) is 0. The summed E-state index contributed by atoms with van der Waals surface area (Å²) >= 11 is 0. The van der Waals surface area contributed by atoms with Crippen molar-refractivity contribution in [3.63, 3.8) is 0 Å². The summed E-state index contributed by atoms with van der Waals surface area (Å²) < 4.78 is 0. The van der Waals surface area contributed by atoms with E-state index in [9.17, 15) is 0 Å². The highest BCUT2D eigenvalue weighted by Gasteiger charge is 2.52. The first-order valence-corrected chi connectivity index (χ1v) is 20.0. The lowest BCUT2D eigenvalue weighted by Gasteiger charge is -2.31. The van der Waals surface area contributed by atoms with Crippen molar-refractivity contribution in [3.05, 3.63) is 178 Å². The van der Waals surface area contributed by atoms with Crippen LogP contribution in [0.3, 0.4) is 0 Å².